The highest BCUT2D eigenvalue weighted by Gasteiger charge is 2.28. The highest BCUT2D eigenvalue weighted by atomic mass is 32.2. The number of hydrogen-bond acceptors (Lipinski definition) is 5. The van der Waals surface area contributed by atoms with Crippen molar-refractivity contribution in [1.82, 2.24) is 13.8 Å². The molecule has 2 heterocycles. The van der Waals surface area contributed by atoms with Gasteiger partial charge in [0, 0.05) is 32.7 Å². The summed E-state index contributed by atoms with van der Waals surface area (Å²) in [6.45, 7) is 3.72. The summed E-state index contributed by atoms with van der Waals surface area (Å²) in [5.41, 5.74) is 1.42. The monoisotopic (exact) mass is 401 g/mol. The molecule has 0 N–H and O–H groups in total. The predicted octanol–water partition coefficient (Wildman–Crippen LogP) is 1.99. The first-order chi connectivity index (χ1) is 13.6. The fourth-order valence-electron chi connectivity index (χ4n) is 3.61. The molecule has 28 heavy (non-hydrogen) atoms. The number of oxazole rings is 1. The van der Waals surface area contributed by atoms with E-state index in [4.69, 9.17) is 4.42 Å². The van der Waals surface area contributed by atoms with Gasteiger partial charge in [-0.3, -0.25) is 4.57 Å². The molecule has 1 saturated heterocycles. The number of sulfonamides is 1. The fourth-order valence-corrected chi connectivity index (χ4v) is 5.06. The zero-order chi connectivity index (χ0) is 19.6. The number of rotatable bonds is 6. The second-order valence-corrected chi connectivity index (χ2v) is 8.84. The molecule has 0 radical (unpaired) electrons. The van der Waals surface area contributed by atoms with Crippen molar-refractivity contribution in [2.75, 3.05) is 32.7 Å². The molecule has 1 aliphatic heterocycles. The molecule has 2 aromatic carbocycles. The van der Waals surface area contributed by atoms with Gasteiger partial charge < -0.3 is 9.32 Å². The number of hydrogen-bond donors (Lipinski definition) is 0. The Hall–Kier alpha value is -2.42. The highest BCUT2D eigenvalue weighted by Crippen LogP contribution is 2.17. The van der Waals surface area contributed by atoms with Crippen molar-refractivity contribution < 1.29 is 12.8 Å². The van der Waals surface area contributed by atoms with Gasteiger partial charge in [0.2, 0.25) is 10.0 Å². The molecule has 1 aromatic heterocycles. The van der Waals surface area contributed by atoms with E-state index in [9.17, 15) is 13.2 Å². The summed E-state index contributed by atoms with van der Waals surface area (Å²) in [5, 5.41) is 0. The Morgan fingerprint density at radius 1 is 0.857 bits per heavy atom. The molecule has 8 heteroatoms. The molecule has 0 aliphatic carbocycles. The van der Waals surface area contributed by atoms with Crippen LogP contribution in [0.3, 0.4) is 0 Å². The molecule has 0 bridgehead atoms. The lowest BCUT2D eigenvalue weighted by molar-refractivity contribution is 0.184. The summed E-state index contributed by atoms with van der Waals surface area (Å²) in [7, 11) is -3.42. The Kier molecular flexibility index (Phi) is 5.34. The van der Waals surface area contributed by atoms with E-state index in [1.807, 2.05) is 24.3 Å². The van der Waals surface area contributed by atoms with Gasteiger partial charge in [-0.15, -0.1) is 0 Å². The summed E-state index contributed by atoms with van der Waals surface area (Å²) >= 11 is 0. The van der Waals surface area contributed by atoms with Crippen LogP contribution in [0.1, 0.15) is 6.42 Å². The first-order valence-corrected chi connectivity index (χ1v) is 10.9. The van der Waals surface area contributed by atoms with Crippen LogP contribution in [0, 0.1) is 0 Å². The van der Waals surface area contributed by atoms with E-state index >= 15 is 0 Å². The molecule has 1 aliphatic rings. The fraction of sp³-hybridized carbons (Fsp3) is 0.350. The van der Waals surface area contributed by atoms with Gasteiger partial charge in [-0.05, 0) is 37.2 Å². The van der Waals surface area contributed by atoms with E-state index in [0.29, 0.717) is 43.2 Å². The molecule has 4 rings (SSSR count). The van der Waals surface area contributed by atoms with Crippen molar-refractivity contribution >= 4 is 21.1 Å². The normalized spacial score (nSPS) is 16.6. The number of para-hydroxylation sites is 2. The van der Waals surface area contributed by atoms with Gasteiger partial charge in [0.15, 0.2) is 5.58 Å². The van der Waals surface area contributed by atoms with Crippen LogP contribution in [0.5, 0.6) is 0 Å². The molecular formula is C20H23N3O4S. The van der Waals surface area contributed by atoms with E-state index in [0.717, 1.165) is 18.5 Å². The van der Waals surface area contributed by atoms with Crippen LogP contribution in [0.25, 0.3) is 11.1 Å². The first kappa shape index (κ1) is 18.9. The number of fused-ring (bicyclic) bond motifs is 1. The van der Waals surface area contributed by atoms with Crippen molar-refractivity contribution in [3.63, 3.8) is 0 Å². The van der Waals surface area contributed by atoms with Crippen LogP contribution in [-0.2, 0) is 16.6 Å². The summed E-state index contributed by atoms with van der Waals surface area (Å²) < 4.78 is 33.8. The van der Waals surface area contributed by atoms with Gasteiger partial charge in [-0.2, -0.15) is 4.31 Å². The van der Waals surface area contributed by atoms with Gasteiger partial charge in [0.05, 0.1) is 10.4 Å². The lowest BCUT2D eigenvalue weighted by Crippen LogP contribution is -2.48. The smallest absolute Gasteiger partial charge is 0.408 e. The second kappa shape index (κ2) is 7.90. The van der Waals surface area contributed by atoms with Crippen molar-refractivity contribution in [3.8, 4) is 0 Å². The van der Waals surface area contributed by atoms with Gasteiger partial charge in [0.1, 0.15) is 0 Å². The van der Waals surface area contributed by atoms with Crippen molar-refractivity contribution in [3.05, 3.63) is 65.1 Å². The summed E-state index contributed by atoms with van der Waals surface area (Å²) in [4.78, 5) is 14.6. The van der Waals surface area contributed by atoms with E-state index in [1.165, 1.54) is 0 Å². The minimum absolute atomic E-state index is 0.333. The zero-order valence-corrected chi connectivity index (χ0v) is 16.3. The maximum Gasteiger partial charge on any atom is 0.419 e. The average molecular weight is 401 g/mol. The third-order valence-electron chi connectivity index (χ3n) is 5.14. The van der Waals surface area contributed by atoms with Gasteiger partial charge in [-0.25, -0.2) is 13.2 Å². The molecular weight excluding hydrogens is 378 g/mol. The molecule has 7 nitrogen and oxygen atoms in total. The van der Waals surface area contributed by atoms with Gasteiger partial charge >= 0.3 is 5.76 Å². The van der Waals surface area contributed by atoms with Crippen LogP contribution >= 0.6 is 0 Å². The number of aryl methyl sites for hydroxylation is 1. The molecule has 0 unspecified atom stereocenters. The van der Waals surface area contributed by atoms with Crippen LogP contribution in [-0.4, -0.2) is 54.9 Å². The lowest BCUT2D eigenvalue weighted by Gasteiger charge is -2.34. The minimum Gasteiger partial charge on any atom is -0.408 e. The zero-order valence-electron chi connectivity index (χ0n) is 15.5. The molecule has 0 saturated carbocycles. The molecule has 0 spiro atoms. The Bertz CT molecular complexity index is 1100. The average Bonchev–Trinajstić information content (AvgIpc) is 3.04. The first-order valence-electron chi connectivity index (χ1n) is 9.42. The van der Waals surface area contributed by atoms with Crippen molar-refractivity contribution in [2.45, 2.75) is 17.9 Å². The SMILES string of the molecule is O=c1oc2ccccc2n1CCCN1CCN(S(=O)(=O)c2ccccc2)CC1. The standard InChI is InChI=1S/C20H23N3O4S/c24-20-23(18-9-4-5-10-19(18)27-20)12-6-11-21-13-15-22(16-14-21)28(25,26)17-7-2-1-3-8-17/h1-5,7-10H,6,11-16H2. The lowest BCUT2D eigenvalue weighted by atomic mass is 10.3. The minimum atomic E-state index is -3.42. The van der Waals surface area contributed by atoms with Crippen LogP contribution in [0.2, 0.25) is 0 Å². The molecule has 0 amide bonds. The second-order valence-electron chi connectivity index (χ2n) is 6.90. The number of piperazine rings is 1. The third kappa shape index (κ3) is 3.76. The van der Waals surface area contributed by atoms with E-state index < -0.39 is 10.0 Å². The summed E-state index contributed by atoms with van der Waals surface area (Å²) in [6, 6.07) is 16.0. The number of benzene rings is 2. The number of nitrogens with zero attached hydrogens (tertiary/aromatic N) is 3. The quantitative estimate of drug-likeness (QED) is 0.631. The molecule has 3 aromatic rings. The van der Waals surface area contributed by atoms with E-state index in [2.05, 4.69) is 4.90 Å². The van der Waals surface area contributed by atoms with Crippen LogP contribution in [0.15, 0.2) is 68.7 Å². The number of aromatic nitrogens is 1. The Balaban J connectivity index is 1.31. The maximum absolute atomic E-state index is 12.7. The van der Waals surface area contributed by atoms with Gasteiger partial charge in [-0.1, -0.05) is 30.3 Å². The Morgan fingerprint density at radius 2 is 1.54 bits per heavy atom. The molecule has 148 valence electrons. The van der Waals surface area contributed by atoms with E-state index in [1.54, 1.807) is 39.2 Å². The van der Waals surface area contributed by atoms with E-state index in [-0.39, 0.29) is 5.76 Å². The van der Waals surface area contributed by atoms with Crippen LogP contribution in [0.4, 0.5) is 0 Å². The van der Waals surface area contributed by atoms with Crippen molar-refractivity contribution in [1.29, 1.82) is 0 Å². The van der Waals surface area contributed by atoms with Gasteiger partial charge in [0.25, 0.3) is 0 Å². The topological polar surface area (TPSA) is 75.8 Å². The summed E-state index contributed by atoms with van der Waals surface area (Å²) in [5.74, 6) is -0.333. The molecule has 1 fully saturated rings. The molecule has 0 atom stereocenters. The Morgan fingerprint density at radius 3 is 2.29 bits per heavy atom. The maximum atomic E-state index is 12.7. The predicted molar refractivity (Wildman–Crippen MR) is 107 cm³/mol. The third-order valence-corrected chi connectivity index (χ3v) is 7.05. The van der Waals surface area contributed by atoms with Crippen molar-refractivity contribution in [2.24, 2.45) is 0 Å². The van der Waals surface area contributed by atoms with Crippen LogP contribution < -0.4 is 5.76 Å². The summed E-state index contributed by atoms with van der Waals surface area (Å²) in [6.07, 6.45) is 0.800. The largest absolute Gasteiger partial charge is 0.419 e. The Labute approximate surface area is 163 Å². The highest BCUT2D eigenvalue weighted by molar-refractivity contribution is 7.89.